The third-order valence-corrected chi connectivity index (χ3v) is 6.98. The molecule has 0 aliphatic heterocycles. The number of hydrogen-bond acceptors (Lipinski definition) is 5. The summed E-state index contributed by atoms with van der Waals surface area (Å²) < 4.78 is 37.2. The van der Waals surface area contributed by atoms with E-state index in [1.807, 2.05) is 50.6 Å². The molecule has 1 N–H and O–H groups in total. The van der Waals surface area contributed by atoms with Crippen molar-refractivity contribution in [2.75, 3.05) is 0 Å². The van der Waals surface area contributed by atoms with Crippen LogP contribution in [0.5, 0.6) is 5.75 Å². The molecule has 0 heterocycles. The van der Waals surface area contributed by atoms with Gasteiger partial charge in [0.1, 0.15) is 5.75 Å². The topological polar surface area (TPSA) is 81.7 Å². The summed E-state index contributed by atoms with van der Waals surface area (Å²) in [7, 11) is -4.25. The van der Waals surface area contributed by atoms with Crippen molar-refractivity contribution < 1.29 is 22.1 Å². The number of carbonyl (C=O) groups excluding carboxylic acids is 1. The summed E-state index contributed by atoms with van der Waals surface area (Å²) in [6.07, 6.45) is 11.3. The second-order valence-corrected chi connectivity index (χ2v) is 11.2. The van der Waals surface area contributed by atoms with Gasteiger partial charge in [-0.2, -0.15) is 13.1 Å². The van der Waals surface area contributed by atoms with Crippen molar-refractivity contribution in [3.63, 3.8) is 0 Å². The van der Waals surface area contributed by atoms with E-state index in [0.29, 0.717) is 12.2 Å². The first-order valence-corrected chi connectivity index (χ1v) is 14.5. The maximum absolute atomic E-state index is 12.4. The molecule has 196 valence electrons. The molecule has 0 aliphatic carbocycles. The number of hydrogen-bond donors (Lipinski definition) is 1. The van der Waals surface area contributed by atoms with Gasteiger partial charge in [-0.05, 0) is 36.3 Å². The zero-order valence-corrected chi connectivity index (χ0v) is 23.0. The lowest BCUT2D eigenvalue weighted by Crippen LogP contribution is -2.36. The number of unbranched alkanes of at least 4 members (excludes halogenated alkanes) is 9. The number of para-hydroxylation sites is 1. The predicted octanol–water partition coefficient (Wildman–Crippen LogP) is 7.98. The number of benzene rings is 1. The lowest BCUT2D eigenvalue weighted by atomic mass is 9.94. The SMILES string of the molecule is CCCCCCCCCCCCC(C)OS(=O)(=O)NC(=O)Oc1c(C(C)C)cccc1C(C)C. The van der Waals surface area contributed by atoms with E-state index < -0.39 is 22.5 Å². The molecule has 0 spiro atoms. The van der Waals surface area contributed by atoms with Crippen LogP contribution in [0, 0.1) is 0 Å². The predicted molar refractivity (Wildman–Crippen MR) is 140 cm³/mol. The fourth-order valence-corrected chi connectivity index (χ4v) is 4.85. The van der Waals surface area contributed by atoms with E-state index in [1.165, 1.54) is 44.9 Å². The van der Waals surface area contributed by atoms with Crippen LogP contribution in [-0.4, -0.2) is 20.6 Å². The molecule has 34 heavy (non-hydrogen) atoms. The molecule has 0 saturated heterocycles. The molecule has 1 amide bonds. The van der Waals surface area contributed by atoms with Crippen molar-refractivity contribution in [3.05, 3.63) is 29.3 Å². The minimum atomic E-state index is -4.25. The summed E-state index contributed by atoms with van der Waals surface area (Å²) in [6.45, 7) is 11.9. The summed E-state index contributed by atoms with van der Waals surface area (Å²) in [6, 6.07) is 5.70. The highest BCUT2D eigenvalue weighted by Crippen LogP contribution is 2.34. The highest BCUT2D eigenvalue weighted by atomic mass is 32.2. The first-order valence-electron chi connectivity index (χ1n) is 13.1. The number of rotatable bonds is 17. The molecule has 1 atom stereocenters. The Bertz CT molecular complexity index is 794. The lowest BCUT2D eigenvalue weighted by molar-refractivity contribution is 0.192. The molecule has 1 unspecified atom stereocenters. The summed E-state index contributed by atoms with van der Waals surface area (Å²) in [4.78, 5) is 12.4. The molecule has 0 aromatic heterocycles. The van der Waals surface area contributed by atoms with Crippen LogP contribution in [-0.2, 0) is 14.5 Å². The number of carbonyl (C=O) groups is 1. The lowest BCUT2D eigenvalue weighted by Gasteiger charge is -2.19. The largest absolute Gasteiger partial charge is 0.428 e. The molecule has 6 nitrogen and oxygen atoms in total. The van der Waals surface area contributed by atoms with Crippen molar-refractivity contribution in [2.45, 2.75) is 130 Å². The van der Waals surface area contributed by atoms with Crippen molar-refractivity contribution in [3.8, 4) is 5.75 Å². The minimum Gasteiger partial charge on any atom is -0.409 e. The molecule has 7 heteroatoms. The number of amides is 1. The van der Waals surface area contributed by atoms with E-state index >= 15 is 0 Å². The molecule has 0 fully saturated rings. The average molecular weight is 498 g/mol. The van der Waals surface area contributed by atoms with E-state index in [1.54, 1.807) is 6.92 Å². The maximum Gasteiger partial charge on any atom is 0.428 e. The van der Waals surface area contributed by atoms with Gasteiger partial charge >= 0.3 is 16.4 Å². The first-order chi connectivity index (χ1) is 16.1. The Hall–Kier alpha value is -1.60. The summed E-state index contributed by atoms with van der Waals surface area (Å²) in [5.41, 5.74) is 1.71. The Kier molecular flexibility index (Phi) is 14.4. The smallest absolute Gasteiger partial charge is 0.409 e. The Labute approximate surface area is 208 Å². The van der Waals surface area contributed by atoms with Gasteiger partial charge in [0.2, 0.25) is 0 Å². The molecule has 0 aliphatic rings. The van der Waals surface area contributed by atoms with E-state index in [0.717, 1.165) is 30.4 Å². The second kappa shape index (κ2) is 16.1. The molecular weight excluding hydrogens is 450 g/mol. The van der Waals surface area contributed by atoms with Gasteiger partial charge in [-0.15, -0.1) is 0 Å². The van der Waals surface area contributed by atoms with Crippen LogP contribution in [0.25, 0.3) is 0 Å². The van der Waals surface area contributed by atoms with Gasteiger partial charge in [-0.3, -0.25) is 4.18 Å². The normalized spacial score (nSPS) is 12.8. The molecule has 1 aromatic carbocycles. The third-order valence-electron chi connectivity index (χ3n) is 5.98. The van der Waals surface area contributed by atoms with Crippen molar-refractivity contribution in [1.82, 2.24) is 4.72 Å². The zero-order valence-electron chi connectivity index (χ0n) is 22.2. The van der Waals surface area contributed by atoms with Crippen LogP contribution in [0.2, 0.25) is 0 Å². The summed E-state index contributed by atoms with van der Waals surface area (Å²) >= 11 is 0. The molecule has 1 aromatic rings. The van der Waals surface area contributed by atoms with Crippen LogP contribution in [0.1, 0.15) is 135 Å². The average Bonchev–Trinajstić information content (AvgIpc) is 2.73. The van der Waals surface area contributed by atoms with E-state index in [4.69, 9.17) is 8.92 Å². The quantitative estimate of drug-likeness (QED) is 0.221. The van der Waals surface area contributed by atoms with E-state index in [9.17, 15) is 13.2 Å². The van der Waals surface area contributed by atoms with Gasteiger partial charge < -0.3 is 4.74 Å². The van der Waals surface area contributed by atoms with Gasteiger partial charge in [0.25, 0.3) is 0 Å². The monoisotopic (exact) mass is 497 g/mol. The van der Waals surface area contributed by atoms with Gasteiger partial charge in [-0.25, -0.2) is 4.79 Å². The van der Waals surface area contributed by atoms with Gasteiger partial charge in [0.05, 0.1) is 6.10 Å². The van der Waals surface area contributed by atoms with Gasteiger partial charge in [0.15, 0.2) is 0 Å². The van der Waals surface area contributed by atoms with Crippen LogP contribution in [0.4, 0.5) is 4.79 Å². The van der Waals surface area contributed by atoms with Crippen LogP contribution in [0.3, 0.4) is 0 Å². The van der Waals surface area contributed by atoms with Crippen molar-refractivity contribution >= 4 is 16.4 Å². The van der Waals surface area contributed by atoms with Crippen LogP contribution >= 0.6 is 0 Å². The highest BCUT2D eigenvalue weighted by molar-refractivity contribution is 7.85. The fourth-order valence-electron chi connectivity index (χ4n) is 4.02. The molecule has 0 radical (unpaired) electrons. The van der Waals surface area contributed by atoms with Crippen LogP contribution in [0.15, 0.2) is 18.2 Å². The fraction of sp³-hybridized carbons (Fsp3) is 0.741. The number of ether oxygens (including phenoxy) is 1. The zero-order chi connectivity index (χ0) is 25.6. The van der Waals surface area contributed by atoms with Crippen LogP contribution < -0.4 is 9.46 Å². The standard InChI is InChI=1S/C27H47NO5S/c1-7-8-9-10-11-12-13-14-15-16-18-23(6)33-34(30,31)28-27(29)32-26-24(21(2)3)19-17-20-25(26)22(4)5/h17,19-23H,7-16,18H2,1-6H3,(H,28,29). The molecule has 1 rings (SSSR count). The second-order valence-electron chi connectivity index (χ2n) is 9.90. The minimum absolute atomic E-state index is 0.121. The van der Waals surface area contributed by atoms with E-state index in [-0.39, 0.29) is 11.8 Å². The highest BCUT2D eigenvalue weighted by Gasteiger charge is 2.23. The summed E-state index contributed by atoms with van der Waals surface area (Å²) in [5.74, 6) is 0.657. The molecular formula is C27H47NO5S. The Morgan fingerprint density at radius 3 is 1.76 bits per heavy atom. The third kappa shape index (κ3) is 12.2. The first kappa shape index (κ1) is 30.4. The maximum atomic E-state index is 12.4. The van der Waals surface area contributed by atoms with E-state index in [2.05, 4.69) is 6.92 Å². The molecule has 0 saturated carbocycles. The van der Waals surface area contributed by atoms with Gasteiger partial charge in [-0.1, -0.05) is 117 Å². The van der Waals surface area contributed by atoms with Crippen molar-refractivity contribution in [1.29, 1.82) is 0 Å². The summed E-state index contributed by atoms with van der Waals surface area (Å²) in [5, 5.41) is 0. The molecule has 0 bridgehead atoms. The Balaban J connectivity index is 2.44. The Morgan fingerprint density at radius 2 is 1.29 bits per heavy atom. The van der Waals surface area contributed by atoms with Crippen molar-refractivity contribution in [2.24, 2.45) is 0 Å². The Morgan fingerprint density at radius 1 is 0.824 bits per heavy atom. The number of nitrogens with one attached hydrogen (secondary N) is 1. The van der Waals surface area contributed by atoms with Gasteiger partial charge in [0, 0.05) is 0 Å².